The minimum Gasteiger partial charge on any atom is -0.867 e. The van der Waals surface area contributed by atoms with E-state index in [0.717, 1.165) is 0 Å². The summed E-state index contributed by atoms with van der Waals surface area (Å²) in [6, 6.07) is 5.53. The van der Waals surface area contributed by atoms with E-state index in [1.165, 1.54) is 24.3 Å². The van der Waals surface area contributed by atoms with Gasteiger partial charge in [-0.15, -0.1) is 0 Å². The summed E-state index contributed by atoms with van der Waals surface area (Å²) in [7, 11) is 0. The van der Waals surface area contributed by atoms with E-state index in [4.69, 9.17) is 0 Å². The van der Waals surface area contributed by atoms with Gasteiger partial charge in [-0.1, -0.05) is 24.3 Å². The molecule has 6 nitrogen and oxygen atoms in total. The van der Waals surface area contributed by atoms with Gasteiger partial charge in [0.25, 0.3) is 0 Å². The summed E-state index contributed by atoms with van der Waals surface area (Å²) in [5, 5.41) is 22.1. The van der Waals surface area contributed by atoms with Gasteiger partial charge in [0.1, 0.15) is 0 Å². The van der Waals surface area contributed by atoms with Crippen molar-refractivity contribution in [3.05, 3.63) is 51.2 Å². The maximum Gasteiger partial charge on any atom is 1.00 e. The first kappa shape index (κ1) is 13.6. The van der Waals surface area contributed by atoms with Gasteiger partial charge in [-0.2, -0.15) is 0 Å². The van der Waals surface area contributed by atoms with Gasteiger partial charge in [0.2, 0.25) is 5.78 Å². The maximum atomic E-state index is 11.6. The van der Waals surface area contributed by atoms with E-state index < -0.39 is 27.9 Å². The van der Waals surface area contributed by atoms with E-state index in [0.29, 0.717) is 0 Å². The molecule has 0 saturated carbocycles. The van der Waals surface area contributed by atoms with Crippen molar-refractivity contribution >= 4 is 17.3 Å². The molecule has 80 valence electrons. The number of benzene rings is 1. The maximum absolute atomic E-state index is 11.6. The summed E-state index contributed by atoms with van der Waals surface area (Å²) in [4.78, 5) is 32.1. The van der Waals surface area contributed by atoms with Crippen molar-refractivity contribution in [2.24, 2.45) is 0 Å². The van der Waals surface area contributed by atoms with E-state index in [1.54, 1.807) is 0 Å². The Labute approximate surface area is 117 Å². The molecule has 1 aliphatic carbocycles. The average molecular weight is 241 g/mol. The molecule has 1 aromatic carbocycles. The third-order valence-corrected chi connectivity index (χ3v) is 2.24. The van der Waals surface area contributed by atoms with Crippen LogP contribution < -0.4 is 34.7 Å². The van der Waals surface area contributed by atoms with Gasteiger partial charge < -0.3 is 5.11 Å². The summed E-state index contributed by atoms with van der Waals surface area (Å²) in [6.07, 6.45) is 0. The molecular weight excluding hydrogens is 237 g/mol. The largest absolute Gasteiger partial charge is 1.00 e. The third-order valence-electron chi connectivity index (χ3n) is 2.24. The van der Waals surface area contributed by atoms with Crippen LogP contribution in [0.3, 0.4) is 0 Å². The number of carbonyl (C=O) groups excluding carboxylic acids is 2. The Morgan fingerprint density at radius 3 is 2.06 bits per heavy atom. The van der Waals surface area contributed by atoms with Crippen molar-refractivity contribution in [2.45, 2.75) is 0 Å². The van der Waals surface area contributed by atoms with Crippen molar-refractivity contribution in [3.63, 3.8) is 0 Å². The van der Waals surface area contributed by atoms with Crippen LogP contribution in [0.1, 0.15) is 15.9 Å². The van der Waals surface area contributed by atoms with E-state index in [-0.39, 0.29) is 40.7 Å². The van der Waals surface area contributed by atoms with Crippen LogP contribution in [0, 0.1) is 10.1 Å². The van der Waals surface area contributed by atoms with Gasteiger partial charge in [0.15, 0.2) is 0 Å². The summed E-state index contributed by atoms with van der Waals surface area (Å²) in [6.45, 7) is 0. The van der Waals surface area contributed by atoms with Crippen LogP contribution in [0.25, 0.3) is 5.76 Å². The Morgan fingerprint density at radius 2 is 1.53 bits per heavy atom. The first-order valence-corrected chi connectivity index (χ1v) is 4.28. The molecule has 0 radical (unpaired) electrons. The minimum atomic E-state index is -1.35. The number of nitro groups is 1. The van der Waals surface area contributed by atoms with Crippen molar-refractivity contribution < 1.29 is 49.2 Å². The van der Waals surface area contributed by atoms with Gasteiger partial charge >= 0.3 is 41.0 Å². The summed E-state index contributed by atoms with van der Waals surface area (Å²) < 4.78 is 0. The van der Waals surface area contributed by atoms with Crippen LogP contribution in [-0.2, 0) is 4.79 Å². The number of hydrogen-bond donors (Lipinski definition) is 0. The van der Waals surface area contributed by atoms with Gasteiger partial charge in [-0.05, 0) is 11.3 Å². The zero-order valence-corrected chi connectivity index (χ0v) is 10.8. The molecule has 0 heterocycles. The van der Waals surface area contributed by atoms with Crippen LogP contribution in [0.15, 0.2) is 30.0 Å². The molecule has 17 heavy (non-hydrogen) atoms. The molecule has 0 fully saturated rings. The molecular formula is C10H4NNaO5. The monoisotopic (exact) mass is 241 g/mol. The minimum absolute atomic E-state index is 0. The van der Waals surface area contributed by atoms with Gasteiger partial charge in [0, 0.05) is 5.56 Å². The fraction of sp³-hybridized carbons (Fsp3) is 0. The molecule has 0 unspecified atom stereocenters. The number of fused-ring (bicyclic) bond motifs is 1. The molecule has 0 aromatic heterocycles. The molecule has 0 N–H and O–H groups in total. The smallest absolute Gasteiger partial charge is 0.867 e. The topological polar surface area (TPSA) is 100 Å². The van der Waals surface area contributed by atoms with E-state index in [1.807, 2.05) is 0 Å². The van der Waals surface area contributed by atoms with Crippen molar-refractivity contribution in [1.82, 2.24) is 0 Å². The number of hydrogen-bond acceptors (Lipinski definition) is 5. The normalized spacial score (nSPS) is 14.1. The van der Waals surface area contributed by atoms with Crippen molar-refractivity contribution in [2.75, 3.05) is 0 Å². The number of carbonyl (C=O) groups is 2. The van der Waals surface area contributed by atoms with Crippen LogP contribution in [0.4, 0.5) is 0 Å². The van der Waals surface area contributed by atoms with Crippen LogP contribution in [-0.4, -0.2) is 16.5 Å². The second kappa shape index (κ2) is 4.79. The first-order chi connectivity index (χ1) is 7.54. The molecule has 7 heteroatoms. The van der Waals surface area contributed by atoms with Crippen molar-refractivity contribution in [1.29, 1.82) is 0 Å². The molecule has 0 atom stereocenters. The zero-order chi connectivity index (χ0) is 11.9. The Morgan fingerprint density at radius 1 is 1.00 bits per heavy atom. The SMILES string of the molecule is O=C1C(=O)c2ccccc2C([O-])=C1[N+](=O)[O-].[Na+]. The number of rotatable bonds is 1. The van der Waals surface area contributed by atoms with E-state index in [9.17, 15) is 24.8 Å². The second-order valence-electron chi connectivity index (χ2n) is 3.14. The van der Waals surface area contributed by atoms with Crippen molar-refractivity contribution in [3.8, 4) is 0 Å². The average Bonchev–Trinajstić information content (AvgIpc) is 2.26. The van der Waals surface area contributed by atoms with Gasteiger partial charge in [-0.25, -0.2) is 0 Å². The van der Waals surface area contributed by atoms with E-state index >= 15 is 0 Å². The molecule has 0 bridgehead atoms. The van der Waals surface area contributed by atoms with Crippen LogP contribution in [0.2, 0.25) is 0 Å². The fourth-order valence-corrected chi connectivity index (χ4v) is 1.51. The predicted octanol–water partition coefficient (Wildman–Crippen LogP) is -3.24. The van der Waals surface area contributed by atoms with Gasteiger partial charge in [0.05, 0.1) is 4.92 Å². The number of Topliss-reactive ketones (excluding diaryl/α,β-unsaturated/α-hetero) is 2. The molecule has 0 saturated heterocycles. The Bertz CT molecular complexity index is 564. The van der Waals surface area contributed by atoms with Crippen LogP contribution in [0.5, 0.6) is 0 Å². The zero-order valence-electron chi connectivity index (χ0n) is 8.80. The Kier molecular flexibility index (Phi) is 3.82. The number of ketones is 2. The quantitative estimate of drug-likeness (QED) is 0.222. The van der Waals surface area contributed by atoms with Gasteiger partial charge in [-0.3, -0.25) is 19.7 Å². The van der Waals surface area contributed by atoms with E-state index in [2.05, 4.69) is 0 Å². The fourth-order valence-electron chi connectivity index (χ4n) is 1.51. The molecule has 1 aliphatic rings. The summed E-state index contributed by atoms with van der Waals surface area (Å²) >= 11 is 0. The first-order valence-electron chi connectivity index (χ1n) is 4.28. The molecule has 1 aromatic rings. The number of allylic oxidation sites excluding steroid dienone is 1. The standard InChI is InChI=1S/C10H5NO5.Na/c12-8-5-3-1-2-4-6(5)9(13)10(14)7(8)11(15)16;/h1-4,12H;/q;+1/p-1. The summed E-state index contributed by atoms with van der Waals surface area (Å²) in [5.41, 5.74) is -1.36. The number of nitrogens with zero attached hydrogens (tertiary/aromatic N) is 1. The predicted molar refractivity (Wildman–Crippen MR) is 49.7 cm³/mol. The molecule has 0 aliphatic heterocycles. The Balaban J connectivity index is 0.00000144. The molecule has 2 rings (SSSR count). The molecule has 0 spiro atoms. The second-order valence-corrected chi connectivity index (χ2v) is 3.14. The van der Waals surface area contributed by atoms with Crippen LogP contribution >= 0.6 is 0 Å². The third kappa shape index (κ3) is 2.02. The molecule has 0 amide bonds. The summed E-state index contributed by atoms with van der Waals surface area (Å²) in [5.74, 6) is -3.37. The Hall–Kier alpha value is -1.50.